The van der Waals surface area contributed by atoms with Crippen LogP contribution in [0.5, 0.6) is 11.5 Å². The Morgan fingerprint density at radius 3 is 2.66 bits per heavy atom. The van der Waals surface area contributed by atoms with Crippen LogP contribution in [0, 0.1) is 0 Å². The lowest BCUT2D eigenvalue weighted by Crippen LogP contribution is -2.08. The third-order valence-electron chi connectivity index (χ3n) is 3.70. The molecule has 152 valence electrons. The van der Waals surface area contributed by atoms with Gasteiger partial charge in [-0.25, -0.2) is 4.98 Å². The Balaban J connectivity index is 1.72. The summed E-state index contributed by atoms with van der Waals surface area (Å²) in [5, 5.41) is 8.08. The van der Waals surface area contributed by atoms with Crippen molar-refractivity contribution < 1.29 is 9.47 Å². The highest BCUT2D eigenvalue weighted by atomic mass is 35.5. The highest BCUT2D eigenvalue weighted by Crippen LogP contribution is 2.37. The summed E-state index contributed by atoms with van der Waals surface area (Å²) in [6, 6.07) is 11.2. The van der Waals surface area contributed by atoms with Crippen molar-refractivity contribution in [3.63, 3.8) is 0 Å². The van der Waals surface area contributed by atoms with Crippen LogP contribution in [0.1, 0.15) is 26.3 Å². The number of nitrogens with one attached hydrogen (secondary N) is 1. The number of hydrogen-bond acceptors (Lipinski definition) is 6. The predicted molar refractivity (Wildman–Crippen MR) is 122 cm³/mol. The largest absolute Gasteiger partial charge is 0.490 e. The number of hydrazone groups is 1. The molecule has 8 heteroatoms. The summed E-state index contributed by atoms with van der Waals surface area (Å²) >= 11 is 13.8. The molecular formula is C21H21Cl2N3O2S. The molecule has 0 saturated carbocycles. The van der Waals surface area contributed by atoms with E-state index in [0.717, 1.165) is 16.8 Å². The van der Waals surface area contributed by atoms with E-state index in [1.54, 1.807) is 12.3 Å². The molecule has 3 aromatic rings. The highest BCUT2D eigenvalue weighted by molar-refractivity contribution is 7.14. The monoisotopic (exact) mass is 449 g/mol. The van der Waals surface area contributed by atoms with Gasteiger partial charge in [-0.05, 0) is 50.6 Å². The van der Waals surface area contributed by atoms with Crippen LogP contribution in [0.15, 0.2) is 46.9 Å². The summed E-state index contributed by atoms with van der Waals surface area (Å²) in [6.07, 6.45) is 1.66. The zero-order valence-corrected chi connectivity index (χ0v) is 18.6. The number of anilines is 1. The van der Waals surface area contributed by atoms with Crippen molar-refractivity contribution in [2.45, 2.75) is 26.9 Å². The van der Waals surface area contributed by atoms with Crippen LogP contribution >= 0.6 is 34.5 Å². The zero-order valence-electron chi connectivity index (χ0n) is 16.3. The summed E-state index contributed by atoms with van der Waals surface area (Å²) in [5.74, 6) is 1.13. The van der Waals surface area contributed by atoms with Gasteiger partial charge in [0.2, 0.25) is 5.13 Å². The van der Waals surface area contributed by atoms with Crippen LogP contribution < -0.4 is 14.9 Å². The number of rotatable bonds is 8. The van der Waals surface area contributed by atoms with E-state index >= 15 is 0 Å². The Kier molecular flexibility index (Phi) is 7.36. The van der Waals surface area contributed by atoms with Crippen LogP contribution in [0.3, 0.4) is 0 Å². The van der Waals surface area contributed by atoms with Gasteiger partial charge in [0, 0.05) is 16.0 Å². The molecule has 0 aliphatic rings. The summed E-state index contributed by atoms with van der Waals surface area (Å²) in [5.41, 5.74) is 5.60. The molecule has 0 bridgehead atoms. The van der Waals surface area contributed by atoms with Gasteiger partial charge in [-0.2, -0.15) is 5.10 Å². The number of halogens is 2. The van der Waals surface area contributed by atoms with Gasteiger partial charge in [0.25, 0.3) is 0 Å². The van der Waals surface area contributed by atoms with Crippen molar-refractivity contribution in [1.82, 2.24) is 4.98 Å². The van der Waals surface area contributed by atoms with E-state index in [1.165, 1.54) is 11.3 Å². The lowest BCUT2D eigenvalue weighted by molar-refractivity contribution is 0.224. The summed E-state index contributed by atoms with van der Waals surface area (Å²) in [6.45, 7) is 6.31. The second kappa shape index (κ2) is 9.96. The van der Waals surface area contributed by atoms with E-state index in [1.807, 2.05) is 56.5 Å². The molecule has 0 aliphatic carbocycles. The second-order valence-electron chi connectivity index (χ2n) is 6.34. The lowest BCUT2D eigenvalue weighted by atomic mass is 10.2. The fourth-order valence-corrected chi connectivity index (χ4v) is 3.57. The Morgan fingerprint density at radius 2 is 1.97 bits per heavy atom. The van der Waals surface area contributed by atoms with Crippen molar-refractivity contribution in [2.75, 3.05) is 12.0 Å². The molecule has 0 radical (unpaired) electrons. The van der Waals surface area contributed by atoms with Crippen LogP contribution in [0.2, 0.25) is 10.0 Å². The summed E-state index contributed by atoms with van der Waals surface area (Å²) in [4.78, 5) is 4.53. The maximum atomic E-state index is 6.39. The van der Waals surface area contributed by atoms with Gasteiger partial charge >= 0.3 is 0 Å². The molecule has 0 unspecified atom stereocenters. The van der Waals surface area contributed by atoms with Crippen molar-refractivity contribution in [2.24, 2.45) is 5.10 Å². The minimum Gasteiger partial charge on any atom is -0.490 e. The molecule has 0 amide bonds. The molecule has 0 aliphatic heterocycles. The molecule has 1 aromatic heterocycles. The maximum Gasteiger partial charge on any atom is 0.203 e. The zero-order chi connectivity index (χ0) is 20.8. The van der Waals surface area contributed by atoms with Crippen LogP contribution in [0.4, 0.5) is 5.13 Å². The molecule has 5 nitrogen and oxygen atoms in total. The van der Waals surface area contributed by atoms with E-state index in [4.69, 9.17) is 32.7 Å². The SMILES string of the molecule is CCOc1cc(/C=N\Nc2nc(-c3ccc(Cl)cc3)cs2)cc(Cl)c1OC(C)C. The average molecular weight is 450 g/mol. The Hall–Kier alpha value is -2.28. The van der Waals surface area contributed by atoms with Crippen molar-refractivity contribution in [3.8, 4) is 22.8 Å². The molecule has 0 atom stereocenters. The average Bonchev–Trinajstić information content (AvgIpc) is 3.14. The molecule has 1 N–H and O–H groups in total. The number of hydrogen-bond donors (Lipinski definition) is 1. The van der Waals surface area contributed by atoms with E-state index in [9.17, 15) is 0 Å². The van der Waals surface area contributed by atoms with Gasteiger partial charge in [-0.1, -0.05) is 35.3 Å². The minimum absolute atomic E-state index is 0.00683. The van der Waals surface area contributed by atoms with Crippen LogP contribution in [-0.2, 0) is 0 Å². The number of nitrogens with zero attached hydrogens (tertiary/aromatic N) is 2. The number of aromatic nitrogens is 1. The number of ether oxygens (including phenoxy) is 2. The van der Waals surface area contributed by atoms with E-state index in [2.05, 4.69) is 15.5 Å². The van der Waals surface area contributed by atoms with Gasteiger partial charge in [-0.3, -0.25) is 5.43 Å². The fraction of sp³-hybridized carbons (Fsp3) is 0.238. The van der Waals surface area contributed by atoms with Gasteiger partial charge in [0.05, 0.1) is 29.6 Å². The van der Waals surface area contributed by atoms with Gasteiger partial charge in [-0.15, -0.1) is 11.3 Å². The first kappa shape index (κ1) is 21.4. The number of thiazole rings is 1. The van der Waals surface area contributed by atoms with Crippen LogP contribution in [0.25, 0.3) is 11.3 Å². The molecular weight excluding hydrogens is 429 g/mol. The highest BCUT2D eigenvalue weighted by Gasteiger charge is 2.13. The second-order valence-corrected chi connectivity index (χ2v) is 8.05. The first-order valence-corrected chi connectivity index (χ1v) is 10.7. The molecule has 2 aromatic carbocycles. The molecule has 3 rings (SSSR count). The third kappa shape index (κ3) is 5.85. The topological polar surface area (TPSA) is 55.7 Å². The maximum absolute atomic E-state index is 6.39. The Labute approximate surface area is 184 Å². The Bertz CT molecular complexity index is 988. The Morgan fingerprint density at radius 1 is 1.21 bits per heavy atom. The molecule has 0 fully saturated rings. The number of benzene rings is 2. The van der Waals surface area contributed by atoms with Crippen molar-refractivity contribution >= 4 is 45.9 Å². The molecule has 0 spiro atoms. The van der Waals surface area contributed by atoms with Crippen molar-refractivity contribution in [3.05, 3.63) is 57.4 Å². The summed E-state index contributed by atoms with van der Waals surface area (Å²) < 4.78 is 11.4. The van der Waals surface area contributed by atoms with Crippen LogP contribution in [-0.4, -0.2) is 23.9 Å². The first-order chi connectivity index (χ1) is 14.0. The lowest BCUT2D eigenvalue weighted by Gasteiger charge is -2.16. The van der Waals surface area contributed by atoms with Gasteiger partial charge < -0.3 is 9.47 Å². The van der Waals surface area contributed by atoms with E-state index in [-0.39, 0.29) is 6.10 Å². The van der Waals surface area contributed by atoms with Crippen molar-refractivity contribution in [1.29, 1.82) is 0 Å². The van der Waals surface area contributed by atoms with Gasteiger partial charge in [0.15, 0.2) is 11.5 Å². The molecule has 29 heavy (non-hydrogen) atoms. The van der Waals surface area contributed by atoms with Gasteiger partial charge in [0.1, 0.15) is 0 Å². The predicted octanol–water partition coefficient (Wildman–Crippen LogP) is 6.75. The summed E-state index contributed by atoms with van der Waals surface area (Å²) in [7, 11) is 0. The molecule has 1 heterocycles. The smallest absolute Gasteiger partial charge is 0.203 e. The molecule has 0 saturated heterocycles. The third-order valence-corrected chi connectivity index (χ3v) is 4.98. The quantitative estimate of drug-likeness (QED) is 0.305. The standard InChI is InChI=1S/C21H21Cl2N3O2S/c1-4-27-19-10-14(9-17(23)20(19)28-13(2)3)11-24-26-21-25-18(12-29-21)15-5-7-16(22)8-6-15/h5-13H,4H2,1-3H3,(H,25,26)/b24-11-. The normalized spacial score (nSPS) is 11.2. The van der Waals surface area contributed by atoms with E-state index < -0.39 is 0 Å². The fourth-order valence-electron chi connectivity index (χ4n) is 2.52. The van der Waals surface area contributed by atoms with E-state index in [0.29, 0.717) is 33.3 Å². The minimum atomic E-state index is -0.00683. The first-order valence-electron chi connectivity index (χ1n) is 9.09.